The zero-order valence-electron chi connectivity index (χ0n) is 12.3. The lowest BCUT2D eigenvalue weighted by atomic mass is 10.3. The lowest BCUT2D eigenvalue weighted by molar-refractivity contribution is -0.146. The summed E-state index contributed by atoms with van der Waals surface area (Å²) in [6.45, 7) is -0.304. The second-order valence-electron chi connectivity index (χ2n) is 4.63. The number of carbonyl (C=O) groups is 2. The number of benzene rings is 2. The van der Waals surface area contributed by atoms with Crippen molar-refractivity contribution in [1.82, 2.24) is 0 Å². The molecule has 0 saturated heterocycles. The molecule has 0 aliphatic rings. The van der Waals surface area contributed by atoms with E-state index in [9.17, 15) is 9.59 Å². The summed E-state index contributed by atoms with van der Waals surface area (Å²) >= 11 is 7.40. The van der Waals surface area contributed by atoms with Crippen LogP contribution >= 0.6 is 23.4 Å². The summed E-state index contributed by atoms with van der Waals surface area (Å²) in [7, 11) is 0. The molecule has 6 heteroatoms. The Hall–Kier alpha value is -1.98. The molecule has 0 fully saturated rings. The minimum atomic E-state index is -0.394. The van der Waals surface area contributed by atoms with E-state index in [4.69, 9.17) is 16.3 Å². The Morgan fingerprint density at radius 2 is 1.87 bits per heavy atom. The highest BCUT2D eigenvalue weighted by Crippen LogP contribution is 2.18. The first-order valence-corrected chi connectivity index (χ1v) is 8.39. The second kappa shape index (κ2) is 9.22. The number of esters is 1. The molecule has 4 nitrogen and oxygen atoms in total. The van der Waals surface area contributed by atoms with E-state index in [1.165, 1.54) is 0 Å². The van der Waals surface area contributed by atoms with Crippen molar-refractivity contribution in [2.75, 3.05) is 17.7 Å². The minimum Gasteiger partial charge on any atom is -0.456 e. The molecule has 0 radical (unpaired) electrons. The van der Waals surface area contributed by atoms with Gasteiger partial charge >= 0.3 is 5.97 Å². The van der Waals surface area contributed by atoms with Gasteiger partial charge < -0.3 is 10.1 Å². The van der Waals surface area contributed by atoms with Crippen LogP contribution in [0.2, 0.25) is 5.02 Å². The van der Waals surface area contributed by atoms with Crippen molar-refractivity contribution >= 4 is 40.9 Å². The summed E-state index contributed by atoms with van der Waals surface area (Å²) in [5.74, 6) is -0.176. The zero-order chi connectivity index (χ0) is 16.5. The fraction of sp³-hybridized carbons (Fsp3) is 0.176. The first-order valence-electron chi connectivity index (χ1n) is 7.02. The minimum absolute atomic E-state index is 0.254. The van der Waals surface area contributed by atoms with Crippen LogP contribution < -0.4 is 5.32 Å². The van der Waals surface area contributed by atoms with Gasteiger partial charge in [0.05, 0.1) is 6.42 Å². The van der Waals surface area contributed by atoms with Crippen molar-refractivity contribution in [3.05, 3.63) is 59.6 Å². The van der Waals surface area contributed by atoms with Gasteiger partial charge in [0, 0.05) is 21.4 Å². The SMILES string of the molecule is O=C(COC(=O)CCSc1ccccc1)Nc1cccc(Cl)c1. The average Bonchev–Trinajstić information content (AvgIpc) is 2.54. The molecule has 120 valence electrons. The molecular formula is C17H16ClNO3S. The number of carbonyl (C=O) groups excluding carboxylic acids is 2. The maximum Gasteiger partial charge on any atom is 0.307 e. The highest BCUT2D eigenvalue weighted by molar-refractivity contribution is 7.99. The maximum absolute atomic E-state index is 11.7. The van der Waals surface area contributed by atoms with Crippen molar-refractivity contribution in [2.45, 2.75) is 11.3 Å². The monoisotopic (exact) mass is 349 g/mol. The zero-order valence-corrected chi connectivity index (χ0v) is 13.9. The third-order valence-electron chi connectivity index (χ3n) is 2.79. The van der Waals surface area contributed by atoms with E-state index < -0.39 is 11.9 Å². The molecule has 0 spiro atoms. The van der Waals surface area contributed by atoms with Crippen molar-refractivity contribution in [1.29, 1.82) is 0 Å². The molecule has 0 bridgehead atoms. The molecule has 2 rings (SSSR count). The Bertz CT molecular complexity index is 664. The van der Waals surface area contributed by atoms with E-state index >= 15 is 0 Å². The number of amides is 1. The third-order valence-corrected chi connectivity index (χ3v) is 4.04. The molecule has 1 amide bonds. The van der Waals surface area contributed by atoms with Gasteiger partial charge in [-0.25, -0.2) is 0 Å². The first-order chi connectivity index (χ1) is 11.1. The third kappa shape index (κ3) is 6.76. The van der Waals surface area contributed by atoms with E-state index in [1.807, 2.05) is 30.3 Å². The lowest BCUT2D eigenvalue weighted by Gasteiger charge is -2.07. The highest BCUT2D eigenvalue weighted by atomic mass is 35.5. The smallest absolute Gasteiger partial charge is 0.307 e. The molecule has 0 unspecified atom stereocenters. The van der Waals surface area contributed by atoms with Gasteiger partial charge in [-0.2, -0.15) is 0 Å². The number of ether oxygens (including phenoxy) is 1. The second-order valence-corrected chi connectivity index (χ2v) is 6.24. The van der Waals surface area contributed by atoms with Gasteiger partial charge in [0.25, 0.3) is 5.91 Å². The van der Waals surface area contributed by atoms with Gasteiger partial charge in [-0.15, -0.1) is 11.8 Å². The van der Waals surface area contributed by atoms with Crippen molar-refractivity contribution in [2.24, 2.45) is 0 Å². The van der Waals surface area contributed by atoms with Crippen LogP contribution in [0.1, 0.15) is 6.42 Å². The molecule has 0 atom stereocenters. The molecule has 2 aromatic rings. The molecule has 0 aromatic heterocycles. The van der Waals surface area contributed by atoms with Crippen molar-refractivity contribution in [3.63, 3.8) is 0 Å². The van der Waals surface area contributed by atoms with Crippen molar-refractivity contribution in [3.8, 4) is 0 Å². The number of hydrogen-bond donors (Lipinski definition) is 1. The van der Waals surface area contributed by atoms with Crippen LogP contribution in [0.4, 0.5) is 5.69 Å². The molecule has 23 heavy (non-hydrogen) atoms. The van der Waals surface area contributed by atoms with Gasteiger partial charge in [0.1, 0.15) is 0 Å². The summed E-state index contributed by atoms with van der Waals surface area (Å²) in [5.41, 5.74) is 0.568. The summed E-state index contributed by atoms with van der Waals surface area (Å²) in [4.78, 5) is 24.4. The van der Waals surface area contributed by atoms with Crippen LogP contribution in [-0.4, -0.2) is 24.2 Å². The maximum atomic E-state index is 11.7. The van der Waals surface area contributed by atoms with E-state index in [-0.39, 0.29) is 13.0 Å². The Balaban J connectivity index is 1.65. The number of anilines is 1. The largest absolute Gasteiger partial charge is 0.456 e. The molecular weight excluding hydrogens is 334 g/mol. The van der Waals surface area contributed by atoms with Gasteiger partial charge in [-0.05, 0) is 30.3 Å². The molecule has 0 heterocycles. The van der Waals surface area contributed by atoms with E-state index in [0.29, 0.717) is 16.5 Å². The predicted molar refractivity (Wildman–Crippen MR) is 92.8 cm³/mol. The van der Waals surface area contributed by atoms with Crippen LogP contribution in [-0.2, 0) is 14.3 Å². The van der Waals surface area contributed by atoms with Crippen molar-refractivity contribution < 1.29 is 14.3 Å². The fourth-order valence-electron chi connectivity index (χ4n) is 1.75. The topological polar surface area (TPSA) is 55.4 Å². The molecule has 0 aliphatic carbocycles. The molecule has 0 saturated carbocycles. The number of rotatable bonds is 7. The Labute approximate surface area is 144 Å². The predicted octanol–water partition coefficient (Wildman–Crippen LogP) is 4.00. The van der Waals surface area contributed by atoms with Crippen LogP contribution in [0.3, 0.4) is 0 Å². The molecule has 0 aliphatic heterocycles. The van der Waals surface area contributed by atoms with E-state index in [2.05, 4.69) is 5.32 Å². The van der Waals surface area contributed by atoms with Crippen LogP contribution in [0.5, 0.6) is 0 Å². The summed E-state index contributed by atoms with van der Waals surface area (Å²) < 4.78 is 4.95. The average molecular weight is 350 g/mol. The number of hydrogen-bond acceptors (Lipinski definition) is 4. The Kier molecular flexibility index (Phi) is 6.97. The molecule has 2 aromatic carbocycles. The van der Waals surface area contributed by atoms with Crippen LogP contribution in [0.25, 0.3) is 0 Å². The van der Waals surface area contributed by atoms with Gasteiger partial charge in [0.15, 0.2) is 6.61 Å². The number of halogens is 1. The van der Waals surface area contributed by atoms with Gasteiger partial charge in [-0.1, -0.05) is 35.9 Å². The lowest BCUT2D eigenvalue weighted by Crippen LogP contribution is -2.21. The van der Waals surface area contributed by atoms with Crippen LogP contribution in [0.15, 0.2) is 59.5 Å². The number of thioether (sulfide) groups is 1. The first kappa shape index (κ1) is 17.4. The van der Waals surface area contributed by atoms with Gasteiger partial charge in [0.2, 0.25) is 0 Å². The van der Waals surface area contributed by atoms with Crippen LogP contribution in [0, 0.1) is 0 Å². The summed E-state index contributed by atoms with van der Waals surface area (Å²) in [5, 5.41) is 3.14. The Morgan fingerprint density at radius 1 is 1.09 bits per heavy atom. The van der Waals surface area contributed by atoms with Gasteiger partial charge in [-0.3, -0.25) is 9.59 Å². The highest BCUT2D eigenvalue weighted by Gasteiger charge is 2.08. The summed E-state index contributed by atoms with van der Waals surface area (Å²) in [6.07, 6.45) is 0.254. The number of nitrogens with one attached hydrogen (secondary N) is 1. The molecule has 1 N–H and O–H groups in total. The summed E-state index contributed by atoms with van der Waals surface area (Å²) in [6, 6.07) is 16.6. The quantitative estimate of drug-likeness (QED) is 0.606. The van der Waals surface area contributed by atoms with E-state index in [1.54, 1.807) is 36.0 Å². The standard InChI is InChI=1S/C17H16ClNO3S/c18-13-5-4-6-14(11-13)19-16(20)12-22-17(21)9-10-23-15-7-2-1-3-8-15/h1-8,11H,9-10,12H2,(H,19,20). The Morgan fingerprint density at radius 3 is 2.61 bits per heavy atom. The fourth-order valence-corrected chi connectivity index (χ4v) is 2.79. The van der Waals surface area contributed by atoms with E-state index in [0.717, 1.165) is 4.90 Å². The normalized spacial score (nSPS) is 10.1.